The predicted octanol–water partition coefficient (Wildman–Crippen LogP) is 4.40. The molecule has 2 nitrogen and oxygen atoms in total. The highest BCUT2D eigenvalue weighted by Gasteiger charge is 2.37. The van der Waals surface area contributed by atoms with Gasteiger partial charge in [-0.25, -0.2) is 4.39 Å². The molecule has 0 bridgehead atoms. The molecule has 1 aliphatic heterocycles. The van der Waals surface area contributed by atoms with E-state index in [1.165, 1.54) is 6.07 Å². The van der Waals surface area contributed by atoms with Crippen LogP contribution in [0, 0.1) is 11.7 Å². The number of halogens is 5. The number of piperazine rings is 1. The van der Waals surface area contributed by atoms with Gasteiger partial charge in [-0.15, -0.1) is 12.4 Å². The van der Waals surface area contributed by atoms with Crippen molar-refractivity contribution in [2.75, 3.05) is 26.2 Å². The summed E-state index contributed by atoms with van der Waals surface area (Å²) in [5, 5.41) is 3.27. The molecule has 7 heteroatoms. The van der Waals surface area contributed by atoms with Gasteiger partial charge < -0.3 is 5.32 Å². The first-order chi connectivity index (χ1) is 11.0. The average molecular weight is 367 g/mol. The molecule has 0 unspecified atom stereocenters. The van der Waals surface area contributed by atoms with Crippen LogP contribution < -0.4 is 5.32 Å². The van der Waals surface area contributed by atoms with E-state index in [4.69, 9.17) is 0 Å². The third kappa shape index (κ3) is 4.21. The van der Waals surface area contributed by atoms with Crippen molar-refractivity contribution >= 4 is 12.4 Å². The van der Waals surface area contributed by atoms with E-state index >= 15 is 0 Å². The van der Waals surface area contributed by atoms with Crippen molar-refractivity contribution in [3.8, 4) is 0 Å². The van der Waals surface area contributed by atoms with E-state index in [9.17, 15) is 17.6 Å². The van der Waals surface area contributed by atoms with E-state index in [1.54, 1.807) is 0 Å². The Balaban J connectivity index is 0.00000208. The summed E-state index contributed by atoms with van der Waals surface area (Å²) in [7, 11) is 0. The van der Waals surface area contributed by atoms with Gasteiger partial charge in [0.1, 0.15) is 5.82 Å². The SMILES string of the molecule is Cl.Fc1ccc([C@H](C2CCCC2)N2CCNCC2)cc1C(F)(F)F. The van der Waals surface area contributed by atoms with Gasteiger partial charge >= 0.3 is 6.18 Å². The monoisotopic (exact) mass is 366 g/mol. The summed E-state index contributed by atoms with van der Waals surface area (Å²) in [5.41, 5.74) is -0.541. The van der Waals surface area contributed by atoms with Gasteiger partial charge in [0.05, 0.1) is 5.56 Å². The van der Waals surface area contributed by atoms with Crippen LogP contribution in [0.2, 0.25) is 0 Å². The molecule has 0 amide bonds. The van der Waals surface area contributed by atoms with E-state index in [0.29, 0.717) is 11.5 Å². The molecule has 1 aromatic carbocycles. The minimum absolute atomic E-state index is 0. The van der Waals surface area contributed by atoms with Gasteiger partial charge in [0.15, 0.2) is 0 Å². The Morgan fingerprint density at radius 3 is 2.29 bits per heavy atom. The van der Waals surface area contributed by atoms with Gasteiger partial charge in [-0.3, -0.25) is 4.90 Å². The van der Waals surface area contributed by atoms with Gasteiger partial charge in [0.25, 0.3) is 0 Å². The van der Waals surface area contributed by atoms with Gasteiger partial charge in [-0.1, -0.05) is 18.9 Å². The van der Waals surface area contributed by atoms with Crippen LogP contribution in [0.1, 0.15) is 42.9 Å². The van der Waals surface area contributed by atoms with Crippen LogP contribution >= 0.6 is 12.4 Å². The van der Waals surface area contributed by atoms with E-state index in [1.807, 2.05) is 0 Å². The summed E-state index contributed by atoms with van der Waals surface area (Å²) in [6.07, 6.45) is -0.328. The first-order valence-electron chi connectivity index (χ1n) is 8.28. The number of hydrogen-bond donors (Lipinski definition) is 1. The van der Waals surface area contributed by atoms with E-state index in [-0.39, 0.29) is 18.4 Å². The van der Waals surface area contributed by atoms with Crippen LogP contribution in [0.5, 0.6) is 0 Å². The zero-order valence-electron chi connectivity index (χ0n) is 13.4. The average Bonchev–Trinajstić information content (AvgIpc) is 3.03. The second kappa shape index (κ2) is 8.02. The van der Waals surface area contributed by atoms with Crippen LogP contribution in [0.15, 0.2) is 18.2 Å². The standard InChI is InChI=1S/C17H22F4N2.ClH/c18-15-6-5-13(11-14(15)17(19,20)21)16(12-3-1-2-4-12)23-9-7-22-8-10-23;/h5-6,11-12,16,22H,1-4,7-10H2;1H/t16-;/m0./s1. The molecular formula is C17H23ClF4N2. The van der Waals surface area contributed by atoms with Crippen LogP contribution in [0.25, 0.3) is 0 Å². The summed E-state index contributed by atoms with van der Waals surface area (Å²) < 4.78 is 52.7. The number of nitrogens with zero attached hydrogens (tertiary/aromatic N) is 1. The van der Waals surface area contributed by atoms with Gasteiger partial charge in [-0.05, 0) is 36.5 Å². The highest BCUT2D eigenvalue weighted by molar-refractivity contribution is 5.85. The first kappa shape index (κ1) is 19.5. The molecule has 0 aromatic heterocycles. The smallest absolute Gasteiger partial charge is 0.314 e. The van der Waals surface area contributed by atoms with E-state index in [0.717, 1.165) is 64.0 Å². The lowest BCUT2D eigenvalue weighted by Crippen LogP contribution is -2.46. The van der Waals surface area contributed by atoms with Gasteiger partial charge in [0.2, 0.25) is 0 Å². The van der Waals surface area contributed by atoms with Crippen LogP contribution in [-0.2, 0) is 6.18 Å². The molecule has 1 aromatic rings. The fourth-order valence-corrected chi connectivity index (χ4v) is 3.96. The third-order valence-electron chi connectivity index (χ3n) is 5.03. The second-order valence-electron chi connectivity index (χ2n) is 6.51. The quantitative estimate of drug-likeness (QED) is 0.797. The Bertz CT molecular complexity index is 538. The number of alkyl halides is 3. The lowest BCUT2D eigenvalue weighted by molar-refractivity contribution is -0.140. The molecular weight excluding hydrogens is 344 g/mol. The molecule has 1 aliphatic carbocycles. The summed E-state index contributed by atoms with van der Waals surface area (Å²) in [4.78, 5) is 2.26. The molecule has 24 heavy (non-hydrogen) atoms. The third-order valence-corrected chi connectivity index (χ3v) is 5.03. The summed E-state index contributed by atoms with van der Waals surface area (Å²) in [6.45, 7) is 3.33. The van der Waals surface area contributed by atoms with Crippen LogP contribution in [-0.4, -0.2) is 31.1 Å². The van der Waals surface area contributed by atoms with Crippen molar-refractivity contribution in [3.63, 3.8) is 0 Å². The zero-order chi connectivity index (χ0) is 16.4. The van der Waals surface area contributed by atoms with E-state index < -0.39 is 17.6 Å². The molecule has 3 rings (SSSR count). The fourth-order valence-electron chi connectivity index (χ4n) is 3.96. The minimum atomic E-state index is -4.65. The largest absolute Gasteiger partial charge is 0.419 e. The van der Waals surface area contributed by atoms with Crippen molar-refractivity contribution < 1.29 is 17.6 Å². The molecule has 1 N–H and O–H groups in total. The Kier molecular flexibility index (Phi) is 6.51. The van der Waals surface area contributed by atoms with Crippen molar-refractivity contribution in [2.24, 2.45) is 5.92 Å². The molecule has 0 spiro atoms. The maximum Gasteiger partial charge on any atom is 0.419 e. The second-order valence-corrected chi connectivity index (χ2v) is 6.51. The molecule has 1 saturated carbocycles. The van der Waals surface area contributed by atoms with Crippen LogP contribution in [0.3, 0.4) is 0 Å². The maximum absolute atomic E-state index is 13.6. The summed E-state index contributed by atoms with van der Waals surface area (Å²) >= 11 is 0. The molecule has 136 valence electrons. The Labute approximate surface area is 146 Å². The maximum atomic E-state index is 13.6. The topological polar surface area (TPSA) is 15.3 Å². The van der Waals surface area contributed by atoms with Gasteiger partial charge in [-0.2, -0.15) is 13.2 Å². The minimum Gasteiger partial charge on any atom is -0.314 e. The Morgan fingerprint density at radius 2 is 1.71 bits per heavy atom. The number of hydrogen-bond acceptors (Lipinski definition) is 2. The molecule has 0 radical (unpaired) electrons. The van der Waals surface area contributed by atoms with Crippen molar-refractivity contribution in [1.29, 1.82) is 0 Å². The molecule has 1 atom stereocenters. The lowest BCUT2D eigenvalue weighted by Gasteiger charge is -2.39. The molecule has 2 aliphatic rings. The van der Waals surface area contributed by atoms with Crippen molar-refractivity contribution in [1.82, 2.24) is 10.2 Å². The highest BCUT2D eigenvalue weighted by atomic mass is 35.5. The molecule has 1 heterocycles. The molecule has 1 saturated heterocycles. The number of benzene rings is 1. The predicted molar refractivity (Wildman–Crippen MR) is 87.8 cm³/mol. The normalized spacial score (nSPS) is 21.5. The lowest BCUT2D eigenvalue weighted by atomic mass is 9.88. The highest BCUT2D eigenvalue weighted by Crippen LogP contribution is 2.41. The molecule has 2 fully saturated rings. The Hall–Kier alpha value is -0.850. The first-order valence-corrected chi connectivity index (χ1v) is 8.28. The van der Waals surface area contributed by atoms with Crippen LogP contribution in [0.4, 0.5) is 17.6 Å². The van der Waals surface area contributed by atoms with E-state index in [2.05, 4.69) is 10.2 Å². The number of rotatable bonds is 3. The summed E-state index contributed by atoms with van der Waals surface area (Å²) in [6, 6.07) is 3.50. The zero-order valence-corrected chi connectivity index (χ0v) is 14.2. The summed E-state index contributed by atoms with van der Waals surface area (Å²) in [5.74, 6) is -0.827. The Morgan fingerprint density at radius 1 is 1.08 bits per heavy atom. The van der Waals surface area contributed by atoms with Crippen molar-refractivity contribution in [2.45, 2.75) is 37.9 Å². The van der Waals surface area contributed by atoms with Gasteiger partial charge in [0, 0.05) is 32.2 Å². The number of nitrogens with one attached hydrogen (secondary N) is 1. The van der Waals surface area contributed by atoms with Crippen molar-refractivity contribution in [3.05, 3.63) is 35.1 Å². The fraction of sp³-hybridized carbons (Fsp3) is 0.647.